The number of nitrogens with zero attached hydrogens (tertiary/aromatic N) is 1. The zero-order valence-electron chi connectivity index (χ0n) is 8.51. The third kappa shape index (κ3) is 3.42. The monoisotopic (exact) mass is 207 g/mol. The molecule has 0 saturated heterocycles. The van der Waals surface area contributed by atoms with E-state index >= 15 is 0 Å². The van der Waals surface area contributed by atoms with Crippen LogP contribution in [0.15, 0.2) is 30.3 Å². The Hall–Kier alpha value is -1.84. The van der Waals surface area contributed by atoms with Crippen molar-refractivity contribution >= 4 is 11.9 Å². The van der Waals surface area contributed by atoms with Crippen LogP contribution in [0.4, 0.5) is 4.79 Å². The standard InChI is InChI=1S/C11H13NO3/c1-12(11(14)15)8-7-10(13)9-5-3-2-4-6-9/h2-6H,7-8H2,1H3,(H,14,15). The van der Waals surface area contributed by atoms with Gasteiger partial charge in [0.1, 0.15) is 0 Å². The lowest BCUT2D eigenvalue weighted by molar-refractivity contribution is 0.0967. The first-order valence-corrected chi connectivity index (χ1v) is 4.63. The van der Waals surface area contributed by atoms with Crippen LogP contribution in [0.25, 0.3) is 0 Å². The van der Waals surface area contributed by atoms with Crippen LogP contribution in [-0.4, -0.2) is 35.5 Å². The number of Topliss-reactive ketones (excluding diaryl/α,β-unsaturated/α-hetero) is 1. The first-order chi connectivity index (χ1) is 7.11. The van der Waals surface area contributed by atoms with Crippen LogP contribution in [0.2, 0.25) is 0 Å². The molecule has 0 atom stereocenters. The van der Waals surface area contributed by atoms with E-state index in [1.807, 2.05) is 6.07 Å². The molecule has 0 spiro atoms. The summed E-state index contributed by atoms with van der Waals surface area (Å²) in [6, 6.07) is 8.86. The van der Waals surface area contributed by atoms with E-state index in [0.717, 1.165) is 4.90 Å². The Kier molecular flexibility index (Phi) is 3.85. The number of carboxylic acid groups (broad SMARTS) is 1. The summed E-state index contributed by atoms with van der Waals surface area (Å²) in [6.07, 6.45) is -0.803. The maximum absolute atomic E-state index is 11.6. The minimum absolute atomic E-state index is 0.0382. The molecule has 0 bridgehead atoms. The van der Waals surface area contributed by atoms with Crippen molar-refractivity contribution in [2.24, 2.45) is 0 Å². The van der Waals surface area contributed by atoms with Gasteiger partial charge in [-0.3, -0.25) is 4.79 Å². The van der Waals surface area contributed by atoms with Crippen LogP contribution in [0, 0.1) is 0 Å². The summed E-state index contributed by atoms with van der Waals surface area (Å²) in [5.74, 6) is -0.0382. The van der Waals surface area contributed by atoms with Gasteiger partial charge in [-0.25, -0.2) is 4.79 Å². The molecule has 0 unspecified atom stereocenters. The molecule has 0 radical (unpaired) electrons. The molecule has 80 valence electrons. The predicted octanol–water partition coefficient (Wildman–Crippen LogP) is 1.87. The topological polar surface area (TPSA) is 57.6 Å². The number of carbonyl (C=O) groups is 2. The van der Waals surface area contributed by atoms with E-state index in [4.69, 9.17) is 5.11 Å². The highest BCUT2D eigenvalue weighted by Gasteiger charge is 2.09. The third-order valence-electron chi connectivity index (χ3n) is 2.10. The molecule has 4 nitrogen and oxygen atoms in total. The van der Waals surface area contributed by atoms with E-state index in [-0.39, 0.29) is 18.7 Å². The molecule has 1 amide bonds. The highest BCUT2D eigenvalue weighted by molar-refractivity contribution is 5.96. The van der Waals surface area contributed by atoms with Gasteiger partial charge in [-0.05, 0) is 0 Å². The molecular weight excluding hydrogens is 194 g/mol. The maximum atomic E-state index is 11.6. The lowest BCUT2D eigenvalue weighted by atomic mass is 10.1. The smallest absolute Gasteiger partial charge is 0.407 e. The van der Waals surface area contributed by atoms with Crippen molar-refractivity contribution in [1.82, 2.24) is 4.90 Å². The Bertz CT molecular complexity index is 348. The van der Waals surface area contributed by atoms with Gasteiger partial charge in [0, 0.05) is 25.6 Å². The van der Waals surface area contributed by atoms with Crippen molar-refractivity contribution < 1.29 is 14.7 Å². The second-order valence-corrected chi connectivity index (χ2v) is 3.24. The zero-order valence-corrected chi connectivity index (χ0v) is 8.51. The van der Waals surface area contributed by atoms with Gasteiger partial charge in [0.05, 0.1) is 0 Å². The quantitative estimate of drug-likeness (QED) is 0.767. The number of rotatable bonds is 4. The number of ketones is 1. The lowest BCUT2D eigenvalue weighted by Crippen LogP contribution is -2.27. The van der Waals surface area contributed by atoms with Gasteiger partial charge in [-0.1, -0.05) is 30.3 Å². The minimum Gasteiger partial charge on any atom is -0.465 e. The Morgan fingerprint density at radius 1 is 1.27 bits per heavy atom. The van der Waals surface area contributed by atoms with Gasteiger partial charge in [-0.15, -0.1) is 0 Å². The predicted molar refractivity (Wildman–Crippen MR) is 56.0 cm³/mol. The van der Waals surface area contributed by atoms with E-state index in [9.17, 15) is 9.59 Å². The summed E-state index contributed by atoms with van der Waals surface area (Å²) in [6.45, 7) is 0.225. The molecule has 0 saturated carbocycles. The summed E-state index contributed by atoms with van der Waals surface area (Å²) in [4.78, 5) is 23.1. The van der Waals surface area contributed by atoms with Gasteiger partial charge in [0.2, 0.25) is 0 Å². The third-order valence-corrected chi connectivity index (χ3v) is 2.10. The number of benzene rings is 1. The normalized spacial score (nSPS) is 9.67. The lowest BCUT2D eigenvalue weighted by Gasteiger charge is -2.11. The molecule has 0 heterocycles. The molecule has 1 aromatic carbocycles. The van der Waals surface area contributed by atoms with Gasteiger partial charge in [-0.2, -0.15) is 0 Å². The second kappa shape index (κ2) is 5.14. The second-order valence-electron chi connectivity index (χ2n) is 3.24. The average Bonchev–Trinajstić information content (AvgIpc) is 2.26. The summed E-state index contributed by atoms with van der Waals surface area (Å²) >= 11 is 0. The number of hydrogen-bond acceptors (Lipinski definition) is 2. The summed E-state index contributed by atoms with van der Waals surface area (Å²) < 4.78 is 0. The Balaban J connectivity index is 2.47. The molecule has 15 heavy (non-hydrogen) atoms. The van der Waals surface area contributed by atoms with Gasteiger partial charge >= 0.3 is 6.09 Å². The van der Waals surface area contributed by atoms with E-state index in [1.165, 1.54) is 7.05 Å². The van der Waals surface area contributed by atoms with E-state index < -0.39 is 6.09 Å². The van der Waals surface area contributed by atoms with E-state index in [2.05, 4.69) is 0 Å². The molecule has 0 aliphatic carbocycles. The van der Waals surface area contributed by atoms with Crippen LogP contribution in [-0.2, 0) is 0 Å². The molecule has 0 aliphatic heterocycles. The van der Waals surface area contributed by atoms with Crippen LogP contribution in [0.3, 0.4) is 0 Å². The fourth-order valence-electron chi connectivity index (χ4n) is 1.13. The Morgan fingerprint density at radius 2 is 1.87 bits per heavy atom. The van der Waals surface area contributed by atoms with Gasteiger partial charge < -0.3 is 10.0 Å². The largest absolute Gasteiger partial charge is 0.465 e. The first-order valence-electron chi connectivity index (χ1n) is 4.63. The summed E-state index contributed by atoms with van der Waals surface area (Å²) in [7, 11) is 1.45. The average molecular weight is 207 g/mol. The van der Waals surface area contributed by atoms with Crippen molar-refractivity contribution in [1.29, 1.82) is 0 Å². The molecule has 0 fully saturated rings. The molecule has 0 aromatic heterocycles. The zero-order chi connectivity index (χ0) is 11.3. The van der Waals surface area contributed by atoms with Gasteiger partial charge in [0.15, 0.2) is 5.78 Å². The van der Waals surface area contributed by atoms with E-state index in [0.29, 0.717) is 5.56 Å². The van der Waals surface area contributed by atoms with Crippen LogP contribution in [0.5, 0.6) is 0 Å². The van der Waals surface area contributed by atoms with Crippen molar-refractivity contribution in [3.8, 4) is 0 Å². The summed E-state index contributed by atoms with van der Waals surface area (Å²) in [5, 5.41) is 8.58. The van der Waals surface area contributed by atoms with Crippen molar-refractivity contribution in [2.45, 2.75) is 6.42 Å². The molecular formula is C11H13NO3. The van der Waals surface area contributed by atoms with Crippen molar-refractivity contribution in [3.63, 3.8) is 0 Å². The number of hydrogen-bond donors (Lipinski definition) is 1. The number of carbonyl (C=O) groups excluding carboxylic acids is 1. The Labute approximate surface area is 88.1 Å². The molecule has 0 aliphatic rings. The van der Waals surface area contributed by atoms with Crippen LogP contribution in [0.1, 0.15) is 16.8 Å². The highest BCUT2D eigenvalue weighted by Crippen LogP contribution is 2.03. The molecule has 4 heteroatoms. The van der Waals surface area contributed by atoms with E-state index in [1.54, 1.807) is 24.3 Å². The fraction of sp³-hybridized carbons (Fsp3) is 0.273. The molecule has 1 rings (SSSR count). The minimum atomic E-state index is -1.02. The molecule has 1 aromatic rings. The van der Waals surface area contributed by atoms with Crippen molar-refractivity contribution in [2.75, 3.05) is 13.6 Å². The summed E-state index contributed by atoms with van der Waals surface area (Å²) in [5.41, 5.74) is 0.622. The van der Waals surface area contributed by atoms with Crippen LogP contribution >= 0.6 is 0 Å². The highest BCUT2D eigenvalue weighted by atomic mass is 16.4. The SMILES string of the molecule is CN(CCC(=O)c1ccccc1)C(=O)O. The first kappa shape index (κ1) is 11.2. The maximum Gasteiger partial charge on any atom is 0.407 e. The number of amides is 1. The molecule has 1 N–H and O–H groups in total. The Morgan fingerprint density at radius 3 is 2.40 bits per heavy atom. The van der Waals surface area contributed by atoms with Crippen molar-refractivity contribution in [3.05, 3.63) is 35.9 Å². The van der Waals surface area contributed by atoms with Crippen LogP contribution < -0.4 is 0 Å². The fourth-order valence-corrected chi connectivity index (χ4v) is 1.13. The van der Waals surface area contributed by atoms with Gasteiger partial charge in [0.25, 0.3) is 0 Å².